The molecule has 0 bridgehead atoms. The van der Waals surface area contributed by atoms with Gasteiger partial charge in [0.15, 0.2) is 5.54 Å². The van der Waals surface area contributed by atoms with Gasteiger partial charge < -0.3 is 9.84 Å². The summed E-state index contributed by atoms with van der Waals surface area (Å²) in [4.78, 5) is 27.5. The Morgan fingerprint density at radius 1 is 1.27 bits per heavy atom. The first-order valence-corrected chi connectivity index (χ1v) is 9.40. The maximum absolute atomic E-state index is 13.0. The van der Waals surface area contributed by atoms with Gasteiger partial charge in [0.25, 0.3) is 0 Å². The Morgan fingerprint density at radius 3 is 2.54 bits per heavy atom. The van der Waals surface area contributed by atoms with Crippen LogP contribution in [0.15, 0.2) is 36.4 Å². The topological polar surface area (TPSA) is 66.8 Å². The summed E-state index contributed by atoms with van der Waals surface area (Å²) in [6.45, 7) is 5.27. The van der Waals surface area contributed by atoms with Gasteiger partial charge in [0.1, 0.15) is 5.60 Å². The van der Waals surface area contributed by atoms with Gasteiger partial charge >= 0.3 is 12.1 Å². The summed E-state index contributed by atoms with van der Waals surface area (Å²) < 4.78 is 6.11. The van der Waals surface area contributed by atoms with Gasteiger partial charge in [-0.05, 0) is 44.5 Å². The summed E-state index contributed by atoms with van der Waals surface area (Å²) in [5, 5.41) is 10.1. The minimum absolute atomic E-state index is 0.160. The second-order valence-corrected chi connectivity index (χ2v) is 9.14. The van der Waals surface area contributed by atoms with Gasteiger partial charge in [-0.25, -0.2) is 9.59 Å². The number of thiophene rings is 1. The van der Waals surface area contributed by atoms with E-state index in [0.29, 0.717) is 10.0 Å². The first-order valence-electron chi connectivity index (χ1n) is 8.21. The Morgan fingerprint density at radius 2 is 1.96 bits per heavy atom. The molecule has 1 unspecified atom stereocenters. The number of anilines is 1. The maximum atomic E-state index is 13.0. The molecule has 1 aliphatic rings. The van der Waals surface area contributed by atoms with Gasteiger partial charge in [0.05, 0.1) is 10.0 Å². The summed E-state index contributed by atoms with van der Waals surface area (Å²) in [6, 6.07) is 10.8. The molecule has 0 saturated carbocycles. The molecule has 2 heterocycles. The second-order valence-electron chi connectivity index (χ2n) is 7.34. The van der Waals surface area contributed by atoms with Crippen molar-refractivity contribution in [1.82, 2.24) is 0 Å². The molecule has 2 aromatic rings. The van der Waals surface area contributed by atoms with E-state index in [0.717, 1.165) is 10.4 Å². The molecule has 7 heteroatoms. The average Bonchev–Trinajstić information content (AvgIpc) is 3.07. The van der Waals surface area contributed by atoms with E-state index in [1.807, 2.05) is 12.1 Å². The second kappa shape index (κ2) is 6.59. The number of carbonyl (C=O) groups is 2. The Labute approximate surface area is 161 Å². The Balaban J connectivity index is 2.09. The number of nitrogens with zero attached hydrogens (tertiary/aromatic N) is 1. The van der Waals surface area contributed by atoms with Crippen LogP contribution in [0.5, 0.6) is 0 Å². The number of carboxylic acids is 1. The lowest BCUT2D eigenvalue weighted by Crippen LogP contribution is -2.58. The lowest BCUT2D eigenvalue weighted by molar-refractivity contribution is -0.143. The third-order valence-electron chi connectivity index (χ3n) is 4.21. The number of carboxylic acid groups (broad SMARTS) is 1. The van der Waals surface area contributed by atoms with E-state index in [1.54, 1.807) is 45.0 Å². The molecule has 5 nitrogen and oxygen atoms in total. The van der Waals surface area contributed by atoms with Crippen LogP contribution in [0, 0.1) is 0 Å². The van der Waals surface area contributed by atoms with E-state index < -0.39 is 23.2 Å². The van der Waals surface area contributed by atoms with Crippen LogP contribution in [0.1, 0.15) is 31.2 Å². The van der Waals surface area contributed by atoms with Crippen molar-refractivity contribution in [3.63, 3.8) is 0 Å². The molecule has 138 valence electrons. The average molecular weight is 394 g/mol. The number of benzene rings is 1. The quantitative estimate of drug-likeness (QED) is 0.815. The smallest absolute Gasteiger partial charge is 0.415 e. The van der Waals surface area contributed by atoms with E-state index in [9.17, 15) is 14.7 Å². The molecule has 1 amide bonds. The van der Waals surface area contributed by atoms with Gasteiger partial charge in [-0.3, -0.25) is 4.90 Å². The molecule has 3 rings (SSSR count). The molecule has 1 N–H and O–H groups in total. The van der Waals surface area contributed by atoms with E-state index in [2.05, 4.69) is 0 Å². The highest BCUT2D eigenvalue weighted by atomic mass is 35.5. The van der Waals surface area contributed by atoms with Crippen LogP contribution in [-0.4, -0.2) is 28.3 Å². The van der Waals surface area contributed by atoms with Gasteiger partial charge in [0, 0.05) is 17.7 Å². The zero-order valence-electron chi connectivity index (χ0n) is 14.8. The molecule has 0 spiro atoms. The number of fused-ring (bicyclic) bond motifs is 1. The SMILES string of the molecule is CC(C)(C)OC(=O)N1c2ccccc2CC1(Cc1ccc(Cl)s1)C(=O)O. The number of carbonyl (C=O) groups excluding carboxylic acids is 1. The Hall–Kier alpha value is -2.05. The van der Waals surface area contributed by atoms with Crippen molar-refractivity contribution in [2.45, 2.75) is 44.8 Å². The highest BCUT2D eigenvalue weighted by Gasteiger charge is 2.54. The summed E-state index contributed by atoms with van der Waals surface area (Å²) >= 11 is 7.33. The number of hydrogen-bond acceptors (Lipinski definition) is 4. The minimum Gasteiger partial charge on any atom is -0.479 e. The third-order valence-corrected chi connectivity index (χ3v) is 5.44. The highest BCUT2D eigenvalue weighted by molar-refractivity contribution is 7.16. The number of halogens is 1. The molecule has 1 aromatic carbocycles. The van der Waals surface area contributed by atoms with Crippen LogP contribution >= 0.6 is 22.9 Å². The fraction of sp³-hybridized carbons (Fsp3) is 0.368. The zero-order chi connectivity index (χ0) is 19.1. The molecule has 1 aliphatic heterocycles. The molecule has 1 atom stereocenters. The van der Waals surface area contributed by atoms with Crippen molar-refractivity contribution in [2.75, 3.05) is 4.90 Å². The highest BCUT2D eigenvalue weighted by Crippen LogP contribution is 2.43. The fourth-order valence-corrected chi connectivity index (χ4v) is 4.40. The summed E-state index contributed by atoms with van der Waals surface area (Å²) in [5.74, 6) is -1.07. The van der Waals surface area contributed by atoms with Crippen LogP contribution in [0.25, 0.3) is 0 Å². The summed E-state index contributed by atoms with van der Waals surface area (Å²) in [7, 11) is 0. The van der Waals surface area contributed by atoms with Crippen molar-refractivity contribution >= 4 is 40.7 Å². The van der Waals surface area contributed by atoms with Crippen LogP contribution < -0.4 is 4.90 Å². The van der Waals surface area contributed by atoms with Crippen molar-refractivity contribution in [2.24, 2.45) is 0 Å². The number of amides is 1. The third kappa shape index (κ3) is 3.44. The first-order chi connectivity index (χ1) is 12.1. The van der Waals surface area contributed by atoms with E-state index >= 15 is 0 Å². The molecular formula is C19H20ClNO4S. The first kappa shape index (κ1) is 18.7. The van der Waals surface area contributed by atoms with E-state index in [-0.39, 0.29) is 12.8 Å². The van der Waals surface area contributed by atoms with Crippen molar-refractivity contribution in [1.29, 1.82) is 0 Å². The fourth-order valence-electron chi connectivity index (χ4n) is 3.21. The van der Waals surface area contributed by atoms with Crippen LogP contribution in [0.3, 0.4) is 0 Å². The summed E-state index contributed by atoms with van der Waals surface area (Å²) in [5.41, 5.74) is -0.791. The molecule has 1 aromatic heterocycles. The lowest BCUT2D eigenvalue weighted by Gasteiger charge is -2.36. The number of para-hydroxylation sites is 1. The monoisotopic (exact) mass is 393 g/mol. The number of rotatable bonds is 3. The molecule has 0 aliphatic carbocycles. The van der Waals surface area contributed by atoms with Gasteiger partial charge in [-0.1, -0.05) is 29.8 Å². The van der Waals surface area contributed by atoms with Crippen molar-refractivity contribution in [3.8, 4) is 0 Å². The molecule has 0 saturated heterocycles. The maximum Gasteiger partial charge on any atom is 0.415 e. The molecular weight excluding hydrogens is 374 g/mol. The number of hydrogen-bond donors (Lipinski definition) is 1. The largest absolute Gasteiger partial charge is 0.479 e. The minimum atomic E-state index is -1.44. The van der Waals surface area contributed by atoms with Crippen LogP contribution in [-0.2, 0) is 22.4 Å². The summed E-state index contributed by atoms with van der Waals surface area (Å²) in [6.07, 6.45) is -0.284. The van der Waals surface area contributed by atoms with Crippen molar-refractivity contribution < 1.29 is 19.4 Å². The molecule has 0 fully saturated rings. The number of aliphatic carboxylic acids is 1. The molecule has 26 heavy (non-hydrogen) atoms. The van der Waals surface area contributed by atoms with E-state index in [1.165, 1.54) is 16.2 Å². The standard InChI is InChI=1S/C19H20ClNO4S/c1-18(2,3)25-17(24)21-14-7-5-4-6-12(14)10-19(21,16(22)23)11-13-8-9-15(20)26-13/h4-9H,10-11H2,1-3H3,(H,22,23). The predicted octanol–water partition coefficient (Wildman–Crippen LogP) is 4.77. The van der Waals surface area contributed by atoms with Gasteiger partial charge in [-0.2, -0.15) is 0 Å². The zero-order valence-corrected chi connectivity index (χ0v) is 16.4. The van der Waals surface area contributed by atoms with Crippen molar-refractivity contribution in [3.05, 3.63) is 51.2 Å². The molecule has 0 radical (unpaired) electrons. The van der Waals surface area contributed by atoms with E-state index in [4.69, 9.17) is 16.3 Å². The number of ether oxygens (including phenoxy) is 1. The normalized spacial score (nSPS) is 19.3. The van der Waals surface area contributed by atoms with Gasteiger partial charge in [0.2, 0.25) is 0 Å². The lowest BCUT2D eigenvalue weighted by atomic mass is 9.89. The Kier molecular flexibility index (Phi) is 4.75. The van der Waals surface area contributed by atoms with Gasteiger partial charge in [-0.15, -0.1) is 11.3 Å². The Bertz CT molecular complexity index is 857. The predicted molar refractivity (Wildman–Crippen MR) is 102 cm³/mol. The van der Waals surface area contributed by atoms with Crippen LogP contribution in [0.4, 0.5) is 10.5 Å². The van der Waals surface area contributed by atoms with Crippen LogP contribution in [0.2, 0.25) is 4.34 Å².